The molecule has 0 amide bonds. The number of halogens is 2. The number of benzene rings is 5. The van der Waals surface area contributed by atoms with E-state index < -0.39 is 0 Å². The van der Waals surface area contributed by atoms with Crippen LogP contribution < -0.4 is 4.90 Å². The van der Waals surface area contributed by atoms with Gasteiger partial charge in [0.25, 0.3) is 0 Å². The summed E-state index contributed by atoms with van der Waals surface area (Å²) in [5.41, 5.74) is 9.91. The van der Waals surface area contributed by atoms with E-state index in [1.165, 1.54) is 16.7 Å². The van der Waals surface area contributed by atoms with E-state index in [4.69, 9.17) is 23.2 Å². The van der Waals surface area contributed by atoms with Crippen LogP contribution in [0.1, 0.15) is 56.9 Å². The van der Waals surface area contributed by atoms with Crippen LogP contribution in [0.3, 0.4) is 0 Å². The number of hydrogen-bond acceptors (Lipinski definition) is 1. The predicted molar refractivity (Wildman–Crippen MR) is 179 cm³/mol. The Morgan fingerprint density at radius 1 is 0.561 bits per heavy atom. The average molecular weight is 579 g/mol. The predicted octanol–water partition coefficient (Wildman–Crippen LogP) is 12.1. The van der Waals surface area contributed by atoms with Crippen LogP contribution >= 0.6 is 23.2 Å². The highest BCUT2D eigenvalue weighted by Crippen LogP contribution is 2.47. The Hall–Kier alpha value is -3.52. The largest absolute Gasteiger partial charge is 0.308 e. The molecule has 5 rings (SSSR count). The van der Waals surface area contributed by atoms with Gasteiger partial charge in [-0.25, -0.2) is 0 Å². The maximum atomic E-state index is 6.97. The van der Waals surface area contributed by atoms with Crippen LogP contribution in [0.5, 0.6) is 0 Å². The quantitative estimate of drug-likeness (QED) is 0.194. The molecule has 3 heteroatoms. The molecule has 0 spiro atoms. The number of nitrogens with zero attached hydrogens (tertiary/aromatic N) is 1. The van der Waals surface area contributed by atoms with Gasteiger partial charge in [0, 0.05) is 16.7 Å². The molecule has 0 heterocycles. The molecule has 208 valence electrons. The van der Waals surface area contributed by atoms with Gasteiger partial charge in [0.15, 0.2) is 0 Å². The highest BCUT2D eigenvalue weighted by Gasteiger charge is 2.26. The molecule has 0 aliphatic rings. The van der Waals surface area contributed by atoms with Crippen LogP contribution in [-0.4, -0.2) is 0 Å². The first kappa shape index (κ1) is 29.0. The molecule has 0 bridgehead atoms. The fraction of sp³-hybridized carbons (Fsp3) is 0.211. The molecule has 0 atom stereocenters. The van der Waals surface area contributed by atoms with Crippen molar-refractivity contribution in [3.63, 3.8) is 0 Å². The minimum Gasteiger partial charge on any atom is -0.308 e. The van der Waals surface area contributed by atoms with Gasteiger partial charge >= 0.3 is 0 Å². The average Bonchev–Trinajstić information content (AvgIpc) is 2.96. The molecule has 5 aromatic rings. The fourth-order valence-corrected chi connectivity index (χ4v) is 5.83. The third-order valence-electron chi connectivity index (χ3n) is 7.93. The van der Waals surface area contributed by atoms with E-state index in [0.717, 1.165) is 33.8 Å². The maximum absolute atomic E-state index is 6.97. The lowest BCUT2D eigenvalue weighted by atomic mass is 9.78. The van der Waals surface area contributed by atoms with Crippen LogP contribution in [0.4, 0.5) is 17.1 Å². The van der Waals surface area contributed by atoms with Gasteiger partial charge in [-0.15, -0.1) is 0 Å². The maximum Gasteiger partial charge on any atom is 0.0832 e. The van der Waals surface area contributed by atoms with E-state index in [1.807, 2.05) is 6.07 Å². The Morgan fingerprint density at radius 3 is 1.73 bits per heavy atom. The number of aryl methyl sites for hydroxylation is 1. The van der Waals surface area contributed by atoms with Crippen LogP contribution in [-0.2, 0) is 10.8 Å². The molecule has 0 unspecified atom stereocenters. The van der Waals surface area contributed by atoms with Gasteiger partial charge in [0.2, 0.25) is 0 Å². The highest BCUT2D eigenvalue weighted by atomic mass is 35.5. The number of anilines is 3. The number of rotatable bonds is 6. The van der Waals surface area contributed by atoms with Crippen molar-refractivity contribution in [1.82, 2.24) is 0 Å². The van der Waals surface area contributed by atoms with Gasteiger partial charge < -0.3 is 4.90 Å². The monoisotopic (exact) mass is 577 g/mol. The molecular weight excluding hydrogens is 541 g/mol. The van der Waals surface area contributed by atoms with E-state index in [1.54, 1.807) is 0 Å². The summed E-state index contributed by atoms with van der Waals surface area (Å²) in [6.45, 7) is 13.3. The normalized spacial score (nSPS) is 11.9. The summed E-state index contributed by atoms with van der Waals surface area (Å²) in [5, 5.41) is 1.07. The zero-order valence-corrected chi connectivity index (χ0v) is 26.2. The van der Waals surface area contributed by atoms with Gasteiger partial charge in [-0.1, -0.05) is 137 Å². The van der Waals surface area contributed by atoms with Gasteiger partial charge in [-0.2, -0.15) is 0 Å². The molecular formula is C38H37Cl2N. The van der Waals surface area contributed by atoms with E-state index in [2.05, 4.69) is 156 Å². The minimum atomic E-state index is -0.140. The van der Waals surface area contributed by atoms with Crippen molar-refractivity contribution in [2.24, 2.45) is 0 Å². The third-order valence-corrected chi connectivity index (χ3v) is 8.72. The van der Waals surface area contributed by atoms with Crippen molar-refractivity contribution >= 4 is 40.3 Å². The highest BCUT2D eigenvalue weighted by molar-refractivity contribution is 6.44. The summed E-state index contributed by atoms with van der Waals surface area (Å²) in [4.78, 5) is 2.25. The second-order valence-electron chi connectivity index (χ2n) is 12.3. The van der Waals surface area contributed by atoms with E-state index in [-0.39, 0.29) is 10.8 Å². The summed E-state index contributed by atoms with van der Waals surface area (Å²) in [6.07, 6.45) is 0. The molecule has 1 nitrogen and oxygen atoms in total. The number of hydrogen-bond donors (Lipinski definition) is 0. The first-order chi connectivity index (χ1) is 19.5. The van der Waals surface area contributed by atoms with Crippen LogP contribution in [0.2, 0.25) is 10.0 Å². The lowest BCUT2D eigenvalue weighted by molar-refractivity contribution is 0.590. The summed E-state index contributed by atoms with van der Waals surface area (Å²) < 4.78 is 0. The Bertz CT molecular complexity index is 1650. The summed E-state index contributed by atoms with van der Waals surface area (Å²) >= 11 is 13.6. The fourth-order valence-electron chi connectivity index (χ4n) is 5.37. The second kappa shape index (κ2) is 11.4. The van der Waals surface area contributed by atoms with Crippen LogP contribution in [0, 0.1) is 6.92 Å². The van der Waals surface area contributed by atoms with Gasteiger partial charge in [0.1, 0.15) is 0 Å². The third kappa shape index (κ3) is 5.94. The van der Waals surface area contributed by atoms with Crippen molar-refractivity contribution in [3.8, 4) is 11.1 Å². The Balaban J connectivity index is 1.73. The molecule has 0 saturated carbocycles. The van der Waals surface area contributed by atoms with Crippen molar-refractivity contribution in [2.45, 2.75) is 52.4 Å². The van der Waals surface area contributed by atoms with E-state index in [0.29, 0.717) is 10.0 Å². The lowest BCUT2D eigenvalue weighted by Crippen LogP contribution is -2.19. The molecule has 0 fully saturated rings. The van der Waals surface area contributed by atoms with Crippen LogP contribution in [0.15, 0.2) is 115 Å². The zero-order valence-electron chi connectivity index (χ0n) is 24.7. The van der Waals surface area contributed by atoms with Gasteiger partial charge in [-0.05, 0) is 76.6 Å². The molecule has 5 aromatic carbocycles. The van der Waals surface area contributed by atoms with Crippen molar-refractivity contribution in [2.75, 3.05) is 4.90 Å². The van der Waals surface area contributed by atoms with E-state index >= 15 is 0 Å². The summed E-state index contributed by atoms with van der Waals surface area (Å²) in [7, 11) is 0. The van der Waals surface area contributed by atoms with Crippen molar-refractivity contribution in [1.29, 1.82) is 0 Å². The van der Waals surface area contributed by atoms with Crippen molar-refractivity contribution < 1.29 is 0 Å². The molecule has 0 radical (unpaired) electrons. The lowest BCUT2D eigenvalue weighted by Gasteiger charge is -2.32. The summed E-state index contributed by atoms with van der Waals surface area (Å²) in [5.74, 6) is 0. The smallest absolute Gasteiger partial charge is 0.0832 e. The Labute approximate surface area is 255 Å². The Kier molecular flexibility index (Phi) is 8.06. The molecule has 0 saturated heterocycles. The van der Waals surface area contributed by atoms with E-state index in [9.17, 15) is 0 Å². The second-order valence-corrected chi connectivity index (χ2v) is 13.1. The SMILES string of the molecule is Cc1cc(Cl)c(Cl)c(N(c2ccc(C(C)(C)c3ccccc3)cc2)c2ccc(C(C)(C)C)cc2-c2ccccc2)c1. The molecule has 0 aliphatic heterocycles. The molecule has 41 heavy (non-hydrogen) atoms. The molecule has 0 N–H and O–H groups in total. The van der Waals surface area contributed by atoms with Gasteiger partial charge in [-0.3, -0.25) is 0 Å². The van der Waals surface area contributed by atoms with Crippen LogP contribution in [0.25, 0.3) is 11.1 Å². The van der Waals surface area contributed by atoms with Gasteiger partial charge in [0.05, 0.1) is 21.4 Å². The minimum absolute atomic E-state index is 0.00183. The van der Waals surface area contributed by atoms with Crippen molar-refractivity contribution in [3.05, 3.63) is 148 Å². The summed E-state index contributed by atoms with van der Waals surface area (Å²) in [6, 6.07) is 40.8. The first-order valence-electron chi connectivity index (χ1n) is 14.1. The first-order valence-corrected chi connectivity index (χ1v) is 14.8. The Morgan fingerprint density at radius 2 is 1.12 bits per heavy atom. The molecule has 0 aromatic heterocycles. The zero-order chi connectivity index (χ0) is 29.4. The molecule has 0 aliphatic carbocycles. The standard InChI is InChI=1S/C38H37Cl2N/c1-26-23-33(39)36(40)35(24-26)41(31-20-17-29(18-21-31)38(5,6)28-15-11-8-12-16-28)34-22-19-30(37(2,3)4)25-32(34)27-13-9-7-10-14-27/h7-25H,1-6H3. The topological polar surface area (TPSA) is 3.24 Å².